The fourth-order valence-electron chi connectivity index (χ4n) is 1.14. The van der Waals surface area contributed by atoms with Crippen LogP contribution >= 0.6 is 0 Å². The van der Waals surface area contributed by atoms with Crippen LogP contribution in [0.1, 0.15) is 19.3 Å². The maximum absolute atomic E-state index is 12.7. The third-order valence-electron chi connectivity index (χ3n) is 1.71. The molecule has 1 saturated heterocycles. The van der Waals surface area contributed by atoms with Crippen molar-refractivity contribution in [1.82, 2.24) is 4.90 Å². The molecular formula is C6H11FN2O. The minimum absolute atomic E-state index is 0.433. The number of hydrogen-bond acceptors (Lipinski definition) is 1. The third kappa shape index (κ3) is 1.37. The maximum atomic E-state index is 12.7. The summed E-state index contributed by atoms with van der Waals surface area (Å²) in [4.78, 5) is 11.5. The molecule has 0 saturated carbocycles. The van der Waals surface area contributed by atoms with Gasteiger partial charge in [0.25, 0.3) is 0 Å². The molecule has 0 spiro atoms. The Morgan fingerprint density at radius 2 is 2.30 bits per heavy atom. The topological polar surface area (TPSA) is 46.3 Å². The van der Waals surface area contributed by atoms with E-state index in [1.165, 1.54) is 0 Å². The van der Waals surface area contributed by atoms with Gasteiger partial charge >= 0.3 is 6.03 Å². The Kier molecular flexibility index (Phi) is 2.09. The standard InChI is InChI=1S/C6H11FN2O/c7-5-3-1-2-4-9(5)6(8)10/h5H,1-4H2,(H2,8,10). The summed E-state index contributed by atoms with van der Waals surface area (Å²) >= 11 is 0. The molecule has 1 atom stereocenters. The molecule has 2 amide bonds. The summed E-state index contributed by atoms with van der Waals surface area (Å²) in [5.74, 6) is 0. The Morgan fingerprint density at radius 3 is 2.70 bits per heavy atom. The van der Waals surface area contributed by atoms with Crippen molar-refractivity contribution < 1.29 is 9.18 Å². The number of nitrogens with two attached hydrogens (primary N) is 1. The second kappa shape index (κ2) is 2.86. The van der Waals surface area contributed by atoms with Gasteiger partial charge in [-0.25, -0.2) is 9.18 Å². The highest BCUT2D eigenvalue weighted by Crippen LogP contribution is 2.16. The lowest BCUT2D eigenvalue weighted by Gasteiger charge is -2.28. The highest BCUT2D eigenvalue weighted by Gasteiger charge is 2.23. The van der Waals surface area contributed by atoms with E-state index in [1.807, 2.05) is 0 Å². The molecule has 10 heavy (non-hydrogen) atoms. The van der Waals surface area contributed by atoms with E-state index < -0.39 is 12.3 Å². The first-order valence-corrected chi connectivity index (χ1v) is 3.42. The van der Waals surface area contributed by atoms with Crippen LogP contribution in [0.5, 0.6) is 0 Å². The number of amides is 2. The van der Waals surface area contributed by atoms with E-state index in [0.29, 0.717) is 13.0 Å². The van der Waals surface area contributed by atoms with Crippen molar-refractivity contribution >= 4 is 6.03 Å². The summed E-state index contributed by atoms with van der Waals surface area (Å²) < 4.78 is 12.7. The number of carbonyl (C=O) groups excluding carboxylic acids is 1. The van der Waals surface area contributed by atoms with Crippen molar-refractivity contribution in [2.75, 3.05) is 6.54 Å². The van der Waals surface area contributed by atoms with E-state index in [-0.39, 0.29) is 0 Å². The normalized spacial score (nSPS) is 26.5. The molecule has 0 aromatic carbocycles. The summed E-state index contributed by atoms with van der Waals surface area (Å²) in [6.45, 7) is 0.469. The number of alkyl halides is 1. The molecule has 1 unspecified atom stereocenters. The number of likely N-dealkylation sites (tertiary alicyclic amines) is 1. The summed E-state index contributed by atoms with van der Waals surface area (Å²) in [7, 11) is 0. The molecule has 0 aromatic heterocycles. The molecule has 0 bridgehead atoms. The first-order valence-electron chi connectivity index (χ1n) is 3.42. The molecule has 1 heterocycles. The second-order valence-corrected chi connectivity index (χ2v) is 2.46. The zero-order chi connectivity index (χ0) is 7.56. The van der Waals surface area contributed by atoms with Crippen LogP contribution in [0.25, 0.3) is 0 Å². The Bertz CT molecular complexity index is 140. The lowest BCUT2D eigenvalue weighted by atomic mass is 10.1. The molecule has 1 aliphatic heterocycles. The van der Waals surface area contributed by atoms with Crippen molar-refractivity contribution in [1.29, 1.82) is 0 Å². The van der Waals surface area contributed by atoms with Crippen molar-refractivity contribution in [3.63, 3.8) is 0 Å². The van der Waals surface area contributed by atoms with Crippen molar-refractivity contribution in [2.24, 2.45) is 5.73 Å². The van der Waals surface area contributed by atoms with Crippen LogP contribution in [-0.2, 0) is 0 Å². The molecule has 0 aromatic rings. The van der Waals surface area contributed by atoms with Crippen LogP contribution in [-0.4, -0.2) is 23.8 Å². The van der Waals surface area contributed by atoms with Gasteiger partial charge in [0.2, 0.25) is 0 Å². The number of halogens is 1. The monoisotopic (exact) mass is 146 g/mol. The van der Waals surface area contributed by atoms with Gasteiger partial charge in [0.1, 0.15) is 0 Å². The van der Waals surface area contributed by atoms with Crippen LogP contribution in [0, 0.1) is 0 Å². The summed E-state index contributed by atoms with van der Waals surface area (Å²) in [6.07, 6.45) is 1.00. The fourth-order valence-corrected chi connectivity index (χ4v) is 1.14. The van der Waals surface area contributed by atoms with Gasteiger partial charge in [-0.3, -0.25) is 4.90 Å². The molecule has 3 nitrogen and oxygen atoms in total. The zero-order valence-corrected chi connectivity index (χ0v) is 5.72. The Morgan fingerprint density at radius 1 is 1.60 bits per heavy atom. The molecule has 1 aliphatic rings. The number of carbonyl (C=O) groups is 1. The summed E-state index contributed by atoms with van der Waals surface area (Å²) in [5, 5.41) is 0. The van der Waals surface area contributed by atoms with Gasteiger partial charge in [-0.15, -0.1) is 0 Å². The minimum atomic E-state index is -1.15. The molecule has 2 N–H and O–H groups in total. The van der Waals surface area contributed by atoms with Crippen molar-refractivity contribution in [3.8, 4) is 0 Å². The molecule has 1 rings (SSSR count). The van der Waals surface area contributed by atoms with E-state index in [1.54, 1.807) is 0 Å². The molecule has 0 radical (unpaired) electrons. The van der Waals surface area contributed by atoms with Crippen LogP contribution in [0.4, 0.5) is 9.18 Å². The predicted octanol–water partition coefficient (Wildman–Crippen LogP) is 0.847. The first-order chi connectivity index (χ1) is 4.72. The van der Waals surface area contributed by atoms with Crippen LogP contribution in [0.15, 0.2) is 0 Å². The zero-order valence-electron chi connectivity index (χ0n) is 5.72. The van der Waals surface area contributed by atoms with Gasteiger partial charge < -0.3 is 5.73 Å². The highest BCUT2D eigenvalue weighted by atomic mass is 19.1. The first kappa shape index (κ1) is 7.31. The van der Waals surface area contributed by atoms with Gasteiger partial charge in [-0.1, -0.05) is 0 Å². The van der Waals surface area contributed by atoms with E-state index in [2.05, 4.69) is 0 Å². The lowest BCUT2D eigenvalue weighted by Crippen LogP contribution is -2.44. The number of hydrogen-bond donors (Lipinski definition) is 1. The van der Waals surface area contributed by atoms with Crippen LogP contribution in [0.3, 0.4) is 0 Å². The molecule has 58 valence electrons. The quantitative estimate of drug-likeness (QED) is 0.506. The fraction of sp³-hybridized carbons (Fsp3) is 0.833. The van der Waals surface area contributed by atoms with Gasteiger partial charge in [-0.05, 0) is 19.3 Å². The predicted molar refractivity (Wildman–Crippen MR) is 35.0 cm³/mol. The lowest BCUT2D eigenvalue weighted by molar-refractivity contribution is 0.0789. The molecule has 4 heteroatoms. The SMILES string of the molecule is NC(=O)N1CCCCC1F. The number of nitrogens with zero attached hydrogens (tertiary/aromatic N) is 1. The van der Waals surface area contributed by atoms with E-state index >= 15 is 0 Å². The minimum Gasteiger partial charge on any atom is -0.351 e. The summed E-state index contributed by atoms with van der Waals surface area (Å²) in [5.41, 5.74) is 4.90. The highest BCUT2D eigenvalue weighted by molar-refractivity contribution is 5.72. The largest absolute Gasteiger partial charge is 0.351 e. The summed E-state index contributed by atoms with van der Waals surface area (Å²) in [6, 6.07) is -0.646. The number of urea groups is 1. The van der Waals surface area contributed by atoms with E-state index in [4.69, 9.17) is 5.73 Å². The average Bonchev–Trinajstić information content (AvgIpc) is 1.88. The molecular weight excluding hydrogens is 135 g/mol. The Balaban J connectivity index is 2.47. The Labute approximate surface area is 59.0 Å². The Hall–Kier alpha value is -0.800. The third-order valence-corrected chi connectivity index (χ3v) is 1.71. The smallest absolute Gasteiger partial charge is 0.317 e. The van der Waals surface area contributed by atoms with Crippen molar-refractivity contribution in [2.45, 2.75) is 25.6 Å². The second-order valence-electron chi connectivity index (χ2n) is 2.46. The number of piperidine rings is 1. The number of rotatable bonds is 0. The number of primary amides is 1. The van der Waals surface area contributed by atoms with Gasteiger partial charge in [0.15, 0.2) is 6.30 Å². The van der Waals surface area contributed by atoms with Crippen LogP contribution < -0.4 is 5.73 Å². The molecule has 1 fully saturated rings. The van der Waals surface area contributed by atoms with E-state index in [9.17, 15) is 9.18 Å². The average molecular weight is 146 g/mol. The van der Waals surface area contributed by atoms with Gasteiger partial charge in [0, 0.05) is 6.54 Å². The van der Waals surface area contributed by atoms with Crippen LogP contribution in [0.2, 0.25) is 0 Å². The van der Waals surface area contributed by atoms with Gasteiger partial charge in [-0.2, -0.15) is 0 Å². The molecule has 0 aliphatic carbocycles. The van der Waals surface area contributed by atoms with Crippen molar-refractivity contribution in [3.05, 3.63) is 0 Å². The maximum Gasteiger partial charge on any atom is 0.317 e. The van der Waals surface area contributed by atoms with E-state index in [0.717, 1.165) is 17.7 Å². The van der Waals surface area contributed by atoms with Gasteiger partial charge in [0.05, 0.1) is 0 Å².